The van der Waals surface area contributed by atoms with Crippen molar-refractivity contribution in [3.05, 3.63) is 64.2 Å². The third kappa shape index (κ3) is 7.46. The third-order valence-corrected chi connectivity index (χ3v) is 15.1. The van der Waals surface area contributed by atoms with Crippen LogP contribution in [0.2, 0.25) is 18.1 Å². The summed E-state index contributed by atoms with van der Waals surface area (Å²) in [5.74, 6) is 2.28. The van der Waals surface area contributed by atoms with Gasteiger partial charge in [-0.2, -0.15) is 0 Å². The van der Waals surface area contributed by atoms with E-state index in [1.165, 1.54) is 41.5 Å². The van der Waals surface area contributed by atoms with Crippen molar-refractivity contribution in [2.45, 2.75) is 103 Å². The number of fused-ring (bicyclic) bond motifs is 1. The Morgan fingerprint density at radius 2 is 1.67 bits per heavy atom. The molecule has 6 heteroatoms. The number of aryl methyl sites for hydroxylation is 1. The Kier molecular flexibility index (Phi) is 10.2. The van der Waals surface area contributed by atoms with Gasteiger partial charge in [0, 0.05) is 23.8 Å². The average molecular weight is 604 g/mol. The summed E-state index contributed by atoms with van der Waals surface area (Å²) in [6.07, 6.45) is 11.7. The van der Waals surface area contributed by atoms with E-state index in [9.17, 15) is 4.79 Å². The highest BCUT2D eigenvalue weighted by Crippen LogP contribution is 2.47. The molecule has 0 N–H and O–H groups in total. The quantitative estimate of drug-likeness (QED) is 0.201. The molecule has 1 aliphatic heterocycles. The van der Waals surface area contributed by atoms with E-state index in [0.717, 1.165) is 81.5 Å². The second-order valence-corrected chi connectivity index (χ2v) is 19.2. The van der Waals surface area contributed by atoms with Crippen LogP contribution in [0.15, 0.2) is 42.0 Å². The van der Waals surface area contributed by atoms with Crippen molar-refractivity contribution in [3.8, 4) is 11.5 Å². The lowest BCUT2D eigenvalue weighted by Gasteiger charge is -2.42. The molecule has 1 saturated heterocycles. The van der Waals surface area contributed by atoms with Crippen LogP contribution in [0, 0.1) is 5.92 Å². The molecule has 2 aromatic carbocycles. The number of methoxy groups -OCH3 is 1. The van der Waals surface area contributed by atoms with Crippen molar-refractivity contribution in [1.29, 1.82) is 0 Å². The molecule has 0 amide bonds. The largest absolute Gasteiger partial charge is 0.497 e. The molecule has 234 valence electrons. The Morgan fingerprint density at radius 1 is 0.930 bits per heavy atom. The van der Waals surface area contributed by atoms with Gasteiger partial charge in [0.25, 0.3) is 0 Å². The molecule has 1 saturated carbocycles. The summed E-state index contributed by atoms with van der Waals surface area (Å²) >= 11 is 0. The number of benzene rings is 2. The number of aldehydes is 1. The van der Waals surface area contributed by atoms with Crippen LogP contribution in [0.1, 0.15) is 99.2 Å². The number of carbonyl (C=O) groups is 1. The standard InChI is InChI=1S/C37H53NO4Si/c1-37(2,3)43(5,6)42-30-14-11-28(12-15-30)32-17-13-29-25-31(40-4)16-18-33(29)36(32)34-24-27(26-39)10-19-35(34)41-23-22-38-20-8-7-9-21-38/h10,16,18-19,24-26,28,30H,7-9,11-15,17,20-23H2,1-6H3. The van der Waals surface area contributed by atoms with E-state index in [4.69, 9.17) is 13.9 Å². The summed E-state index contributed by atoms with van der Waals surface area (Å²) in [4.78, 5) is 14.5. The highest BCUT2D eigenvalue weighted by Gasteiger charge is 2.40. The van der Waals surface area contributed by atoms with Gasteiger partial charge < -0.3 is 13.9 Å². The number of piperidine rings is 1. The summed E-state index contributed by atoms with van der Waals surface area (Å²) < 4.78 is 19.0. The smallest absolute Gasteiger partial charge is 0.192 e. The number of hydrogen-bond donors (Lipinski definition) is 0. The zero-order chi connectivity index (χ0) is 30.6. The second-order valence-electron chi connectivity index (χ2n) is 14.4. The Balaban J connectivity index is 1.47. The first-order chi connectivity index (χ1) is 20.6. The Hall–Kier alpha value is -2.41. The number of likely N-dealkylation sites (tertiary alicyclic amines) is 1. The summed E-state index contributed by atoms with van der Waals surface area (Å²) in [5.41, 5.74) is 7.11. The Morgan fingerprint density at radius 3 is 2.35 bits per heavy atom. The Labute approximate surface area is 261 Å². The van der Waals surface area contributed by atoms with E-state index in [1.807, 2.05) is 12.1 Å². The molecule has 1 heterocycles. The van der Waals surface area contributed by atoms with E-state index in [2.05, 4.69) is 63.0 Å². The lowest BCUT2D eigenvalue weighted by Crippen LogP contribution is -2.44. The first-order valence-corrected chi connectivity index (χ1v) is 19.5. The zero-order valence-corrected chi connectivity index (χ0v) is 28.5. The van der Waals surface area contributed by atoms with E-state index in [1.54, 1.807) is 7.11 Å². The highest BCUT2D eigenvalue weighted by atomic mass is 28.4. The molecular formula is C37H53NO4Si. The number of allylic oxidation sites excluding steroid dienone is 1. The van der Waals surface area contributed by atoms with Gasteiger partial charge >= 0.3 is 0 Å². The van der Waals surface area contributed by atoms with Crippen LogP contribution < -0.4 is 9.47 Å². The number of ether oxygens (including phenoxy) is 2. The minimum absolute atomic E-state index is 0.224. The van der Waals surface area contributed by atoms with Crippen molar-refractivity contribution >= 4 is 20.2 Å². The van der Waals surface area contributed by atoms with Crippen molar-refractivity contribution in [2.24, 2.45) is 5.92 Å². The minimum Gasteiger partial charge on any atom is -0.497 e. The molecule has 43 heavy (non-hydrogen) atoms. The van der Waals surface area contributed by atoms with Crippen molar-refractivity contribution in [2.75, 3.05) is 33.4 Å². The molecule has 3 aliphatic rings. The van der Waals surface area contributed by atoms with E-state index >= 15 is 0 Å². The number of hydrogen-bond acceptors (Lipinski definition) is 5. The predicted octanol–water partition coefficient (Wildman–Crippen LogP) is 8.70. The lowest BCUT2D eigenvalue weighted by molar-refractivity contribution is 0.112. The average Bonchev–Trinajstić information content (AvgIpc) is 3.00. The van der Waals surface area contributed by atoms with Crippen LogP contribution in [-0.2, 0) is 10.8 Å². The fourth-order valence-corrected chi connectivity index (χ4v) is 8.40. The van der Waals surface area contributed by atoms with Gasteiger partial charge in [-0.3, -0.25) is 9.69 Å². The van der Waals surface area contributed by atoms with Gasteiger partial charge in [0.15, 0.2) is 8.32 Å². The maximum absolute atomic E-state index is 12.0. The maximum Gasteiger partial charge on any atom is 0.192 e. The zero-order valence-electron chi connectivity index (χ0n) is 27.5. The van der Waals surface area contributed by atoms with E-state index < -0.39 is 8.32 Å². The molecule has 2 aromatic rings. The van der Waals surface area contributed by atoms with Crippen LogP contribution in [0.5, 0.6) is 11.5 Å². The fourth-order valence-electron chi connectivity index (χ4n) is 6.97. The Bertz CT molecular complexity index is 1300. The summed E-state index contributed by atoms with van der Waals surface area (Å²) in [6, 6.07) is 12.5. The lowest BCUT2D eigenvalue weighted by atomic mass is 9.72. The topological polar surface area (TPSA) is 48.0 Å². The fraction of sp³-hybridized carbons (Fsp3) is 0.595. The van der Waals surface area contributed by atoms with Gasteiger partial charge in [-0.15, -0.1) is 0 Å². The molecular weight excluding hydrogens is 550 g/mol. The van der Waals surface area contributed by atoms with Gasteiger partial charge in [-0.25, -0.2) is 0 Å². The normalized spacial score (nSPS) is 21.8. The first-order valence-electron chi connectivity index (χ1n) is 16.6. The molecule has 5 nitrogen and oxygen atoms in total. The van der Waals surface area contributed by atoms with Gasteiger partial charge in [-0.1, -0.05) is 38.8 Å². The van der Waals surface area contributed by atoms with Gasteiger partial charge in [0.1, 0.15) is 24.4 Å². The maximum atomic E-state index is 12.0. The summed E-state index contributed by atoms with van der Waals surface area (Å²) in [6.45, 7) is 15.6. The second kappa shape index (κ2) is 13.7. The monoisotopic (exact) mass is 603 g/mol. The van der Waals surface area contributed by atoms with Crippen LogP contribution in [0.25, 0.3) is 5.57 Å². The summed E-state index contributed by atoms with van der Waals surface area (Å²) in [7, 11) is -0.0621. The van der Waals surface area contributed by atoms with E-state index in [0.29, 0.717) is 24.2 Å². The molecule has 0 unspecified atom stereocenters. The van der Waals surface area contributed by atoms with Crippen LogP contribution in [-0.4, -0.2) is 59.0 Å². The molecule has 0 radical (unpaired) electrons. The molecule has 2 fully saturated rings. The number of carbonyl (C=O) groups excluding carboxylic acids is 1. The predicted molar refractivity (Wildman–Crippen MR) is 179 cm³/mol. The molecule has 0 bridgehead atoms. The first kappa shape index (κ1) is 32.0. The van der Waals surface area contributed by atoms with Gasteiger partial charge in [0.05, 0.1) is 7.11 Å². The van der Waals surface area contributed by atoms with Crippen LogP contribution in [0.4, 0.5) is 0 Å². The molecule has 0 atom stereocenters. The minimum atomic E-state index is -1.80. The molecule has 2 aliphatic carbocycles. The molecule has 5 rings (SSSR count). The SMILES string of the molecule is COc1ccc2c(c1)CCC(C1CCC(O[Si](C)(C)C(C)(C)C)CC1)=C2c1cc(C=O)ccc1OCCN1CCCCC1. The number of rotatable bonds is 10. The summed E-state index contributed by atoms with van der Waals surface area (Å²) in [5, 5.41) is 0.224. The molecule has 0 aromatic heterocycles. The molecule has 0 spiro atoms. The van der Waals surface area contributed by atoms with Crippen molar-refractivity contribution < 1.29 is 18.7 Å². The highest BCUT2D eigenvalue weighted by molar-refractivity contribution is 6.74. The van der Waals surface area contributed by atoms with Crippen LogP contribution >= 0.6 is 0 Å². The van der Waals surface area contributed by atoms with Gasteiger partial charge in [-0.05, 0) is 136 Å². The van der Waals surface area contributed by atoms with Crippen molar-refractivity contribution in [1.82, 2.24) is 4.90 Å². The van der Waals surface area contributed by atoms with Crippen LogP contribution in [0.3, 0.4) is 0 Å². The third-order valence-electron chi connectivity index (χ3n) is 10.5. The van der Waals surface area contributed by atoms with Gasteiger partial charge in [0.2, 0.25) is 0 Å². The van der Waals surface area contributed by atoms with E-state index in [-0.39, 0.29) is 5.04 Å². The number of nitrogens with zero attached hydrogens (tertiary/aromatic N) is 1. The van der Waals surface area contributed by atoms with Crippen molar-refractivity contribution in [3.63, 3.8) is 0 Å².